The van der Waals surface area contributed by atoms with E-state index in [1.807, 2.05) is 0 Å². The molecule has 1 aliphatic heterocycles. The second kappa shape index (κ2) is 3.90. The summed E-state index contributed by atoms with van der Waals surface area (Å²) in [5.41, 5.74) is 0. The molecule has 0 saturated carbocycles. The van der Waals surface area contributed by atoms with Gasteiger partial charge in [0, 0.05) is 0 Å². The molecule has 0 spiro atoms. The molecule has 1 aromatic carbocycles. The third-order valence-corrected chi connectivity index (χ3v) is 3.20. The molecule has 80 valence electrons. The van der Waals surface area contributed by atoms with Crippen molar-refractivity contribution in [3.8, 4) is 0 Å². The van der Waals surface area contributed by atoms with Crippen LogP contribution >= 0.6 is 0 Å². The molecule has 6 heteroatoms. The molecule has 0 fully saturated rings. The summed E-state index contributed by atoms with van der Waals surface area (Å²) < 4.78 is 30.7. The van der Waals surface area contributed by atoms with E-state index in [4.69, 9.17) is 4.74 Å². The lowest BCUT2D eigenvalue weighted by molar-refractivity contribution is 0.338. The molecular weight excluding hydrogens is 216 g/mol. The quantitative estimate of drug-likeness (QED) is 0.791. The lowest BCUT2D eigenvalue weighted by Gasteiger charge is -2.06. The minimum absolute atomic E-state index is 0.0684. The molecule has 0 bridgehead atoms. The van der Waals surface area contributed by atoms with E-state index in [1.54, 1.807) is 18.2 Å². The highest BCUT2D eigenvalue weighted by Crippen LogP contribution is 2.07. The summed E-state index contributed by atoms with van der Waals surface area (Å²) in [5.74, 6) is 0. The van der Waals surface area contributed by atoms with E-state index in [1.165, 1.54) is 12.1 Å². The van der Waals surface area contributed by atoms with Crippen LogP contribution in [0, 0.1) is 0 Å². The molecule has 0 radical (unpaired) electrons. The number of nitrogens with one attached hydrogen (secondary N) is 1. The molecule has 1 aromatic rings. The molecule has 1 aliphatic rings. The van der Waals surface area contributed by atoms with E-state index < -0.39 is 10.0 Å². The van der Waals surface area contributed by atoms with Gasteiger partial charge in [-0.3, -0.25) is 0 Å². The number of hydrogen-bond donors (Lipinski definition) is 1. The van der Waals surface area contributed by atoms with Crippen LogP contribution in [0.5, 0.6) is 0 Å². The van der Waals surface area contributed by atoms with E-state index >= 15 is 0 Å². The van der Waals surface area contributed by atoms with Gasteiger partial charge in [0.15, 0.2) is 0 Å². The van der Waals surface area contributed by atoms with Crippen LogP contribution in [0.1, 0.15) is 0 Å². The van der Waals surface area contributed by atoms with Gasteiger partial charge in [-0.15, -0.1) is 0 Å². The van der Waals surface area contributed by atoms with E-state index in [9.17, 15) is 8.42 Å². The van der Waals surface area contributed by atoms with Gasteiger partial charge in [-0.25, -0.2) is 18.1 Å². The normalized spacial score (nSPS) is 15.6. The van der Waals surface area contributed by atoms with Crippen molar-refractivity contribution in [1.29, 1.82) is 0 Å². The number of hydrogen-bond acceptors (Lipinski definition) is 4. The Morgan fingerprint density at radius 2 is 2.00 bits per heavy atom. The number of benzene rings is 1. The van der Waals surface area contributed by atoms with Crippen molar-refractivity contribution >= 4 is 16.0 Å². The molecule has 1 heterocycles. The summed E-state index contributed by atoms with van der Waals surface area (Å²) in [6, 6.07) is 8.16. The van der Waals surface area contributed by atoms with Crippen LogP contribution in [0.15, 0.2) is 40.2 Å². The third kappa shape index (κ3) is 2.27. The van der Waals surface area contributed by atoms with Crippen molar-refractivity contribution in [1.82, 2.24) is 4.72 Å². The van der Waals surface area contributed by atoms with Crippen molar-refractivity contribution in [3.05, 3.63) is 30.3 Å². The zero-order valence-electron chi connectivity index (χ0n) is 7.88. The summed E-state index contributed by atoms with van der Waals surface area (Å²) in [5, 5.41) is 0. The second-order valence-corrected chi connectivity index (χ2v) is 4.64. The number of aliphatic imine (C=N–C) groups is 1. The van der Waals surface area contributed by atoms with Crippen LogP contribution in [-0.2, 0) is 14.8 Å². The lowest BCUT2D eigenvalue weighted by Crippen LogP contribution is -2.30. The Balaban J connectivity index is 2.21. The van der Waals surface area contributed by atoms with Gasteiger partial charge in [-0.1, -0.05) is 18.2 Å². The largest absolute Gasteiger partial charge is 0.463 e. The van der Waals surface area contributed by atoms with Gasteiger partial charge >= 0.3 is 0 Å². The average molecular weight is 226 g/mol. The van der Waals surface area contributed by atoms with Crippen molar-refractivity contribution < 1.29 is 13.2 Å². The first-order chi connectivity index (χ1) is 7.18. The number of amidine groups is 1. The zero-order valence-corrected chi connectivity index (χ0v) is 8.70. The molecule has 2 rings (SSSR count). The van der Waals surface area contributed by atoms with E-state index in [-0.39, 0.29) is 10.9 Å². The topological polar surface area (TPSA) is 67.8 Å². The van der Waals surface area contributed by atoms with Gasteiger partial charge < -0.3 is 4.74 Å². The number of nitrogens with zero attached hydrogens (tertiary/aromatic N) is 1. The fourth-order valence-electron chi connectivity index (χ4n) is 1.17. The van der Waals surface area contributed by atoms with Gasteiger partial charge in [0.05, 0.1) is 11.4 Å². The smallest absolute Gasteiger partial charge is 0.299 e. The van der Waals surface area contributed by atoms with Gasteiger partial charge in [0.25, 0.3) is 16.0 Å². The molecule has 0 aromatic heterocycles. The first-order valence-electron chi connectivity index (χ1n) is 4.43. The highest BCUT2D eigenvalue weighted by atomic mass is 32.2. The second-order valence-electron chi connectivity index (χ2n) is 2.95. The maximum Gasteiger partial charge on any atom is 0.299 e. The van der Waals surface area contributed by atoms with E-state index in [2.05, 4.69) is 9.71 Å². The molecule has 0 atom stereocenters. The van der Waals surface area contributed by atoms with Gasteiger partial charge in [0.1, 0.15) is 6.61 Å². The summed E-state index contributed by atoms with van der Waals surface area (Å²) in [6.45, 7) is 0.916. The Labute approximate surface area is 87.8 Å². The van der Waals surface area contributed by atoms with Crippen LogP contribution in [0.25, 0.3) is 0 Å². The fourth-order valence-corrected chi connectivity index (χ4v) is 2.16. The molecule has 0 saturated heterocycles. The molecule has 0 unspecified atom stereocenters. The van der Waals surface area contributed by atoms with Crippen LogP contribution in [0.4, 0.5) is 0 Å². The highest BCUT2D eigenvalue weighted by Gasteiger charge is 2.18. The maximum absolute atomic E-state index is 11.7. The monoisotopic (exact) mass is 226 g/mol. The van der Waals surface area contributed by atoms with Gasteiger partial charge in [-0.05, 0) is 12.1 Å². The Bertz CT molecular complexity index is 467. The first kappa shape index (κ1) is 9.97. The molecule has 15 heavy (non-hydrogen) atoms. The first-order valence-corrected chi connectivity index (χ1v) is 5.92. The lowest BCUT2D eigenvalue weighted by atomic mass is 10.4. The third-order valence-electron chi connectivity index (χ3n) is 1.86. The SMILES string of the molecule is O=S(=O)(NC1=NCCO1)c1ccccc1. The Hall–Kier alpha value is -1.56. The van der Waals surface area contributed by atoms with Crippen LogP contribution in [0.2, 0.25) is 0 Å². The van der Waals surface area contributed by atoms with Crippen LogP contribution in [0.3, 0.4) is 0 Å². The number of sulfonamides is 1. The summed E-state index contributed by atoms with van der Waals surface area (Å²) in [4.78, 5) is 4.05. The maximum atomic E-state index is 11.7. The molecular formula is C9H10N2O3S. The predicted molar refractivity (Wildman–Crippen MR) is 55.0 cm³/mol. The van der Waals surface area contributed by atoms with Gasteiger partial charge in [-0.2, -0.15) is 0 Å². The number of rotatable bonds is 2. The molecule has 5 nitrogen and oxygen atoms in total. The Kier molecular flexibility index (Phi) is 2.59. The van der Waals surface area contributed by atoms with Crippen molar-refractivity contribution in [2.45, 2.75) is 4.90 Å². The van der Waals surface area contributed by atoms with Crippen molar-refractivity contribution in [2.24, 2.45) is 4.99 Å². The standard InChI is InChI=1S/C9H10N2O3S/c12-15(13,8-4-2-1-3-5-8)11-9-10-6-7-14-9/h1-5H,6-7H2,(H,10,11). The minimum Gasteiger partial charge on any atom is -0.463 e. The highest BCUT2D eigenvalue weighted by molar-refractivity contribution is 7.90. The van der Waals surface area contributed by atoms with E-state index in [0.29, 0.717) is 13.2 Å². The van der Waals surface area contributed by atoms with Gasteiger partial charge in [0.2, 0.25) is 0 Å². The van der Waals surface area contributed by atoms with Crippen molar-refractivity contribution in [2.75, 3.05) is 13.2 Å². The van der Waals surface area contributed by atoms with Crippen molar-refractivity contribution in [3.63, 3.8) is 0 Å². The summed E-state index contributed by atoms with van der Waals surface area (Å²) in [6.07, 6.45) is 0. The van der Waals surface area contributed by atoms with Crippen LogP contribution in [-0.4, -0.2) is 27.6 Å². The minimum atomic E-state index is -3.55. The molecule has 0 aliphatic carbocycles. The average Bonchev–Trinajstić information content (AvgIpc) is 2.71. The number of ether oxygens (including phenoxy) is 1. The predicted octanol–water partition coefficient (Wildman–Crippen LogP) is 0.351. The van der Waals surface area contributed by atoms with E-state index in [0.717, 1.165) is 0 Å². The zero-order chi connectivity index (χ0) is 10.7. The molecule has 0 amide bonds. The summed E-state index contributed by atoms with van der Waals surface area (Å²) >= 11 is 0. The Morgan fingerprint density at radius 1 is 1.27 bits per heavy atom. The summed E-state index contributed by atoms with van der Waals surface area (Å²) in [7, 11) is -3.55. The molecule has 1 N–H and O–H groups in total. The van der Waals surface area contributed by atoms with Crippen LogP contribution < -0.4 is 4.72 Å². The fraction of sp³-hybridized carbons (Fsp3) is 0.222. The Morgan fingerprint density at radius 3 is 2.60 bits per heavy atom.